The molecule has 1 aliphatic carbocycles. The van der Waals surface area contributed by atoms with Gasteiger partial charge in [-0.3, -0.25) is 4.79 Å². The van der Waals surface area contributed by atoms with Gasteiger partial charge in [0.15, 0.2) is 0 Å². The fourth-order valence-corrected chi connectivity index (χ4v) is 3.06. The molecule has 0 bridgehead atoms. The molecule has 2 rings (SSSR count). The van der Waals surface area contributed by atoms with E-state index in [4.69, 9.17) is 0 Å². The first-order valence-corrected chi connectivity index (χ1v) is 6.90. The first-order chi connectivity index (χ1) is 8.33. The molecular formula is C16H22O. The molecule has 0 radical (unpaired) electrons. The van der Waals surface area contributed by atoms with Crippen molar-refractivity contribution >= 4 is 5.78 Å². The van der Waals surface area contributed by atoms with E-state index in [9.17, 15) is 4.79 Å². The molecule has 92 valence electrons. The van der Waals surface area contributed by atoms with Crippen LogP contribution < -0.4 is 0 Å². The second-order valence-electron chi connectivity index (χ2n) is 5.10. The number of benzene rings is 1. The normalized spacial score (nSPS) is 23.1. The van der Waals surface area contributed by atoms with Gasteiger partial charge in [0.2, 0.25) is 0 Å². The van der Waals surface area contributed by atoms with Gasteiger partial charge in [-0.15, -0.1) is 0 Å². The Balaban J connectivity index is 2.19. The molecule has 0 amide bonds. The molecule has 0 spiro atoms. The third-order valence-electron chi connectivity index (χ3n) is 4.01. The van der Waals surface area contributed by atoms with Crippen molar-refractivity contribution in [3.63, 3.8) is 0 Å². The molecule has 0 aliphatic heterocycles. The summed E-state index contributed by atoms with van der Waals surface area (Å²) < 4.78 is 0. The van der Waals surface area contributed by atoms with Crippen molar-refractivity contribution in [3.8, 4) is 0 Å². The number of rotatable bonds is 3. The van der Waals surface area contributed by atoms with Gasteiger partial charge in [-0.1, -0.05) is 50.1 Å². The molecule has 1 nitrogen and oxygen atoms in total. The van der Waals surface area contributed by atoms with E-state index in [0.717, 1.165) is 25.7 Å². The lowest BCUT2D eigenvalue weighted by molar-refractivity contribution is -0.123. The molecule has 1 heteroatoms. The predicted octanol–water partition coefficient (Wildman–Crippen LogP) is 4.33. The Bertz CT molecular complexity index is 355. The van der Waals surface area contributed by atoms with Crippen LogP contribution in [0.5, 0.6) is 0 Å². The van der Waals surface area contributed by atoms with Crippen LogP contribution in [0.1, 0.15) is 56.9 Å². The van der Waals surface area contributed by atoms with Crippen molar-refractivity contribution in [2.75, 3.05) is 0 Å². The fraction of sp³-hybridized carbons (Fsp3) is 0.562. The van der Waals surface area contributed by atoms with Gasteiger partial charge >= 0.3 is 0 Å². The Labute approximate surface area is 104 Å². The summed E-state index contributed by atoms with van der Waals surface area (Å²) in [6, 6.07) is 10.6. The van der Waals surface area contributed by atoms with Crippen molar-refractivity contribution < 1.29 is 4.79 Å². The summed E-state index contributed by atoms with van der Waals surface area (Å²) in [6.07, 6.45) is 6.51. The lowest BCUT2D eigenvalue weighted by atomic mass is 9.79. The summed E-state index contributed by atoms with van der Waals surface area (Å²) in [5, 5.41) is 0. The van der Waals surface area contributed by atoms with Crippen LogP contribution in [0.15, 0.2) is 30.3 Å². The van der Waals surface area contributed by atoms with Gasteiger partial charge in [0, 0.05) is 12.3 Å². The Morgan fingerprint density at radius 2 is 1.94 bits per heavy atom. The van der Waals surface area contributed by atoms with Crippen LogP contribution >= 0.6 is 0 Å². The van der Waals surface area contributed by atoms with E-state index in [1.807, 2.05) is 6.07 Å². The molecule has 17 heavy (non-hydrogen) atoms. The smallest absolute Gasteiger partial charge is 0.136 e. The maximum atomic E-state index is 12.2. The van der Waals surface area contributed by atoms with Gasteiger partial charge in [-0.2, -0.15) is 0 Å². The van der Waals surface area contributed by atoms with E-state index in [0.29, 0.717) is 11.7 Å². The highest BCUT2D eigenvalue weighted by Crippen LogP contribution is 2.35. The Kier molecular flexibility index (Phi) is 4.36. The Morgan fingerprint density at radius 1 is 1.18 bits per heavy atom. The van der Waals surface area contributed by atoms with Gasteiger partial charge in [0.05, 0.1) is 0 Å². The molecule has 0 aromatic heterocycles. The maximum Gasteiger partial charge on any atom is 0.136 e. The Hall–Kier alpha value is -1.11. The van der Waals surface area contributed by atoms with Gasteiger partial charge in [-0.05, 0) is 30.7 Å². The predicted molar refractivity (Wildman–Crippen MR) is 71.1 cm³/mol. The third-order valence-corrected chi connectivity index (χ3v) is 4.01. The molecule has 1 saturated carbocycles. The number of Topliss-reactive ketones (excluding diaryl/α,β-unsaturated/α-hetero) is 1. The summed E-state index contributed by atoms with van der Waals surface area (Å²) in [6.45, 7) is 2.20. The minimum atomic E-state index is 0.268. The zero-order valence-corrected chi connectivity index (χ0v) is 10.7. The maximum absolute atomic E-state index is 12.2. The third kappa shape index (κ3) is 2.96. The molecule has 2 atom stereocenters. The fourth-order valence-electron chi connectivity index (χ4n) is 3.06. The zero-order chi connectivity index (χ0) is 12.1. The van der Waals surface area contributed by atoms with Crippen molar-refractivity contribution in [2.45, 2.75) is 51.4 Å². The zero-order valence-electron chi connectivity index (χ0n) is 10.7. The molecule has 0 N–H and O–H groups in total. The first kappa shape index (κ1) is 12.3. The number of hydrogen-bond donors (Lipinski definition) is 0. The van der Waals surface area contributed by atoms with Gasteiger partial charge in [0.1, 0.15) is 5.78 Å². The SMILES string of the molecule is CCC(c1ccccc1)C1CCCCCC1=O. The van der Waals surface area contributed by atoms with Crippen molar-refractivity contribution in [3.05, 3.63) is 35.9 Å². The quantitative estimate of drug-likeness (QED) is 0.706. The molecule has 1 aliphatic rings. The van der Waals surface area contributed by atoms with Crippen LogP contribution in [0.4, 0.5) is 0 Å². The summed E-state index contributed by atoms with van der Waals surface area (Å²) in [5.74, 6) is 1.20. The van der Waals surface area contributed by atoms with Crippen LogP contribution in [0, 0.1) is 5.92 Å². The number of carbonyl (C=O) groups is 1. The lowest BCUT2D eigenvalue weighted by Gasteiger charge is -2.24. The van der Waals surface area contributed by atoms with Crippen LogP contribution in [0.25, 0.3) is 0 Å². The highest BCUT2D eigenvalue weighted by molar-refractivity contribution is 5.82. The van der Waals surface area contributed by atoms with E-state index in [1.165, 1.54) is 18.4 Å². The number of ketones is 1. The molecule has 2 unspecified atom stereocenters. The minimum Gasteiger partial charge on any atom is -0.299 e. The van der Waals surface area contributed by atoms with Gasteiger partial charge in [0.25, 0.3) is 0 Å². The summed E-state index contributed by atoms with van der Waals surface area (Å²) in [7, 11) is 0. The summed E-state index contributed by atoms with van der Waals surface area (Å²) in [5.41, 5.74) is 1.34. The topological polar surface area (TPSA) is 17.1 Å². The highest BCUT2D eigenvalue weighted by Gasteiger charge is 2.28. The minimum absolute atomic E-state index is 0.268. The molecule has 0 heterocycles. The van der Waals surface area contributed by atoms with Crippen molar-refractivity contribution in [1.29, 1.82) is 0 Å². The molecular weight excluding hydrogens is 208 g/mol. The van der Waals surface area contributed by atoms with E-state index in [1.54, 1.807) is 0 Å². The average molecular weight is 230 g/mol. The molecule has 1 aromatic rings. The number of carbonyl (C=O) groups excluding carboxylic acids is 1. The standard InChI is InChI=1S/C16H22O/c1-2-14(13-9-5-3-6-10-13)15-11-7-4-8-12-16(15)17/h3,5-6,9-10,14-15H,2,4,7-8,11-12H2,1H3. The first-order valence-electron chi connectivity index (χ1n) is 6.90. The van der Waals surface area contributed by atoms with Gasteiger partial charge < -0.3 is 0 Å². The van der Waals surface area contributed by atoms with Crippen LogP contribution in [-0.2, 0) is 4.79 Å². The molecule has 1 aromatic carbocycles. The van der Waals surface area contributed by atoms with Crippen LogP contribution in [0.3, 0.4) is 0 Å². The molecule has 0 saturated heterocycles. The monoisotopic (exact) mass is 230 g/mol. The Morgan fingerprint density at radius 3 is 2.65 bits per heavy atom. The van der Waals surface area contributed by atoms with Crippen LogP contribution in [0.2, 0.25) is 0 Å². The van der Waals surface area contributed by atoms with Crippen LogP contribution in [-0.4, -0.2) is 5.78 Å². The average Bonchev–Trinajstić information content (AvgIpc) is 2.58. The number of hydrogen-bond acceptors (Lipinski definition) is 1. The second kappa shape index (κ2) is 6.00. The van der Waals surface area contributed by atoms with Crippen molar-refractivity contribution in [1.82, 2.24) is 0 Å². The van der Waals surface area contributed by atoms with E-state index in [2.05, 4.69) is 31.2 Å². The lowest BCUT2D eigenvalue weighted by Crippen LogP contribution is -2.20. The van der Waals surface area contributed by atoms with Crippen molar-refractivity contribution in [2.24, 2.45) is 5.92 Å². The highest BCUT2D eigenvalue weighted by atomic mass is 16.1. The molecule has 1 fully saturated rings. The largest absolute Gasteiger partial charge is 0.299 e. The second-order valence-corrected chi connectivity index (χ2v) is 5.10. The van der Waals surface area contributed by atoms with E-state index in [-0.39, 0.29) is 5.92 Å². The summed E-state index contributed by atoms with van der Waals surface area (Å²) >= 11 is 0. The summed E-state index contributed by atoms with van der Waals surface area (Å²) in [4.78, 5) is 12.2. The van der Waals surface area contributed by atoms with E-state index >= 15 is 0 Å². The van der Waals surface area contributed by atoms with E-state index < -0.39 is 0 Å². The van der Waals surface area contributed by atoms with Gasteiger partial charge in [-0.25, -0.2) is 0 Å².